The van der Waals surface area contributed by atoms with Gasteiger partial charge in [-0.05, 0) is 0 Å². The van der Waals surface area contributed by atoms with Crippen LogP contribution in [0.15, 0.2) is 0 Å². The largest absolute Gasteiger partial charge is 0.473 e. The van der Waals surface area contributed by atoms with Gasteiger partial charge in [-0.1, -0.05) is 0 Å². The molecule has 0 spiro atoms. The summed E-state index contributed by atoms with van der Waals surface area (Å²) in [5, 5.41) is 14.8. The number of carbonyl (C=O) groups is 2. The number of carboxylic acid groups (broad SMARTS) is 2. The Labute approximate surface area is 84.2 Å². The van der Waals surface area contributed by atoms with E-state index in [9.17, 15) is 0 Å². The molecule has 0 aliphatic carbocycles. The molecule has 0 aromatic rings. The van der Waals surface area contributed by atoms with E-state index >= 15 is 0 Å². The van der Waals surface area contributed by atoms with Gasteiger partial charge in [0.05, 0.1) is 0 Å². The molecule has 2 radical (unpaired) electrons. The van der Waals surface area contributed by atoms with Gasteiger partial charge in [-0.2, -0.15) is 0 Å². The van der Waals surface area contributed by atoms with Crippen LogP contribution in [-0.2, 0) is 62.3 Å². The fourth-order valence-corrected chi connectivity index (χ4v) is 0. The molecule has 54 valence electrons. The van der Waals surface area contributed by atoms with E-state index in [4.69, 9.17) is 19.8 Å². The number of hydrogen-bond acceptors (Lipinski definition) is 2. The molecule has 0 heterocycles. The van der Waals surface area contributed by atoms with Gasteiger partial charge in [-0.25, -0.2) is 9.59 Å². The first-order chi connectivity index (χ1) is 2.64. The van der Waals surface area contributed by atoms with Gasteiger partial charge < -0.3 is 10.2 Å². The van der Waals surface area contributed by atoms with Gasteiger partial charge in [0, 0.05) is 52.7 Å². The Balaban J connectivity index is -0.0000000417. The molecule has 0 saturated carbocycles. The quantitative estimate of drug-likeness (QED) is 0.434. The van der Waals surface area contributed by atoms with Gasteiger partial charge in [0.2, 0.25) is 0 Å². The molecule has 4 nitrogen and oxygen atoms in total. The fraction of sp³-hybridized carbons (Fsp3) is 0. The van der Waals surface area contributed by atoms with E-state index in [0.717, 1.165) is 0 Å². The van der Waals surface area contributed by atoms with E-state index in [-0.39, 0.29) is 52.7 Å². The molecule has 0 unspecified atom stereocenters. The molecule has 7 heteroatoms. The third kappa shape index (κ3) is 17.7. The Morgan fingerprint density at radius 1 is 1.00 bits per heavy atom. The van der Waals surface area contributed by atoms with Crippen molar-refractivity contribution in [3.8, 4) is 0 Å². The Morgan fingerprint density at radius 2 is 1.11 bits per heavy atom. The first-order valence-corrected chi connectivity index (χ1v) is 1.11. The van der Waals surface area contributed by atoms with Gasteiger partial charge in [0.15, 0.2) is 0 Å². The van der Waals surface area contributed by atoms with E-state index in [0.29, 0.717) is 0 Å². The summed E-state index contributed by atoms with van der Waals surface area (Å²) < 4.78 is 0. The first kappa shape index (κ1) is 22.7. The van der Waals surface area contributed by atoms with Crippen molar-refractivity contribution in [1.82, 2.24) is 0 Å². The summed E-state index contributed by atoms with van der Waals surface area (Å²) >= 11 is 0. The third-order valence-electron chi connectivity index (χ3n) is 0.183. The van der Waals surface area contributed by atoms with Crippen LogP contribution in [0.1, 0.15) is 0 Å². The zero-order valence-electron chi connectivity index (χ0n) is 3.89. The Morgan fingerprint density at radius 3 is 1.11 bits per heavy atom. The molecule has 2 N–H and O–H groups in total. The predicted molar refractivity (Wildman–Crippen MR) is 15.3 cm³/mol. The standard InChI is InChI=1S/C2H2O4.Fe.Mn.V/c3-1(4)2(5)6;;;/h(H,3,4)(H,5,6);;;. The van der Waals surface area contributed by atoms with Crippen LogP contribution in [0.3, 0.4) is 0 Å². The van der Waals surface area contributed by atoms with Gasteiger partial charge in [-0.3, -0.25) is 0 Å². The summed E-state index contributed by atoms with van der Waals surface area (Å²) in [6.07, 6.45) is 0. The second kappa shape index (κ2) is 11.4. The minimum atomic E-state index is -1.82. The topological polar surface area (TPSA) is 74.6 Å². The van der Waals surface area contributed by atoms with Gasteiger partial charge in [-0.15, -0.1) is 0 Å². The van der Waals surface area contributed by atoms with Crippen LogP contribution in [0.25, 0.3) is 0 Å². The molecule has 0 rings (SSSR count). The average Bonchev–Trinajstić information content (AvgIpc) is 1.36. The van der Waals surface area contributed by atoms with Crippen molar-refractivity contribution in [1.29, 1.82) is 0 Å². The van der Waals surface area contributed by atoms with E-state index < -0.39 is 11.9 Å². The monoisotopic (exact) mass is 252 g/mol. The van der Waals surface area contributed by atoms with Crippen LogP contribution in [0.5, 0.6) is 0 Å². The van der Waals surface area contributed by atoms with Gasteiger partial charge in [0.1, 0.15) is 0 Å². The Hall–Kier alpha value is 0.563. The molecule has 0 aromatic carbocycles. The summed E-state index contributed by atoms with van der Waals surface area (Å²) in [6.45, 7) is 0. The molecular weight excluding hydrogens is 250 g/mol. The summed E-state index contributed by atoms with van der Waals surface area (Å²) in [5.41, 5.74) is 0. The van der Waals surface area contributed by atoms with Crippen molar-refractivity contribution in [2.75, 3.05) is 0 Å². The van der Waals surface area contributed by atoms with Crippen LogP contribution in [0.4, 0.5) is 0 Å². The second-order valence-corrected chi connectivity index (χ2v) is 0.610. The van der Waals surface area contributed by atoms with Crippen molar-refractivity contribution >= 4 is 11.9 Å². The number of rotatable bonds is 0. The van der Waals surface area contributed by atoms with E-state index in [1.54, 1.807) is 0 Å². The summed E-state index contributed by atoms with van der Waals surface area (Å²) in [5.74, 6) is -3.65. The Bertz CT molecular complexity index is 84.6. The van der Waals surface area contributed by atoms with Crippen LogP contribution >= 0.6 is 0 Å². The molecule has 0 aliphatic rings. The second-order valence-electron chi connectivity index (χ2n) is 0.610. The minimum absolute atomic E-state index is 0. The molecule has 0 aliphatic heterocycles. The molecule has 0 aromatic heterocycles. The van der Waals surface area contributed by atoms with Crippen LogP contribution < -0.4 is 0 Å². The normalized spacial score (nSPS) is 4.89. The van der Waals surface area contributed by atoms with Crippen molar-refractivity contribution in [2.45, 2.75) is 0 Å². The molecule has 0 saturated heterocycles. The minimum Gasteiger partial charge on any atom is -0.473 e. The third-order valence-corrected chi connectivity index (χ3v) is 0.183. The predicted octanol–water partition coefficient (Wildman–Crippen LogP) is -0.852. The van der Waals surface area contributed by atoms with E-state index in [1.807, 2.05) is 0 Å². The number of carboxylic acids is 2. The SMILES string of the molecule is O=C(O)C(=O)O.[Fe].[Mn].[V]. The smallest absolute Gasteiger partial charge is 0.414 e. The maximum Gasteiger partial charge on any atom is 0.414 e. The van der Waals surface area contributed by atoms with Gasteiger partial charge >= 0.3 is 11.9 Å². The average molecular weight is 252 g/mol. The Kier molecular flexibility index (Phi) is 28.6. The maximum absolute atomic E-state index is 9.10. The first-order valence-electron chi connectivity index (χ1n) is 1.11. The van der Waals surface area contributed by atoms with E-state index in [1.165, 1.54) is 0 Å². The van der Waals surface area contributed by atoms with Gasteiger partial charge in [0.25, 0.3) is 0 Å². The van der Waals surface area contributed by atoms with Crippen molar-refractivity contribution in [3.63, 3.8) is 0 Å². The van der Waals surface area contributed by atoms with Crippen LogP contribution in [0.2, 0.25) is 0 Å². The zero-order chi connectivity index (χ0) is 5.15. The fourth-order valence-electron chi connectivity index (χ4n) is 0. The number of aliphatic carboxylic acids is 2. The van der Waals surface area contributed by atoms with Crippen molar-refractivity contribution < 1.29 is 72.5 Å². The molecular formula is C2H2FeMnO4V. The summed E-state index contributed by atoms with van der Waals surface area (Å²) in [6, 6.07) is 0. The van der Waals surface area contributed by atoms with Crippen molar-refractivity contribution in [3.05, 3.63) is 0 Å². The zero-order valence-corrected chi connectivity index (χ0v) is 7.57. The molecule has 0 fully saturated rings. The molecule has 0 atom stereocenters. The maximum atomic E-state index is 9.10. The molecule has 0 amide bonds. The van der Waals surface area contributed by atoms with Crippen LogP contribution in [0, 0.1) is 0 Å². The number of hydrogen-bond donors (Lipinski definition) is 2. The summed E-state index contributed by atoms with van der Waals surface area (Å²) in [7, 11) is 0. The van der Waals surface area contributed by atoms with Crippen molar-refractivity contribution in [2.24, 2.45) is 0 Å². The summed E-state index contributed by atoms with van der Waals surface area (Å²) in [4.78, 5) is 18.2. The molecule has 0 bridgehead atoms. The van der Waals surface area contributed by atoms with Crippen LogP contribution in [-0.4, -0.2) is 22.2 Å². The molecule has 9 heavy (non-hydrogen) atoms. The van der Waals surface area contributed by atoms with E-state index in [2.05, 4.69) is 0 Å².